The zero-order valence-electron chi connectivity index (χ0n) is 14.8. The molecular weight excluding hydrogens is 317 g/mol. The summed E-state index contributed by atoms with van der Waals surface area (Å²) in [4.78, 5) is 6.96. The number of halogens is 3. The third kappa shape index (κ3) is 6.15. The van der Waals surface area contributed by atoms with E-state index in [-0.39, 0.29) is 18.9 Å². The van der Waals surface area contributed by atoms with Crippen LogP contribution >= 0.6 is 0 Å². The van der Waals surface area contributed by atoms with Gasteiger partial charge in [0.05, 0.1) is 5.92 Å². The van der Waals surface area contributed by atoms with Gasteiger partial charge in [-0.3, -0.25) is 4.99 Å². The van der Waals surface area contributed by atoms with Gasteiger partial charge in [-0.1, -0.05) is 6.42 Å². The molecule has 24 heavy (non-hydrogen) atoms. The number of piperidine rings is 1. The van der Waals surface area contributed by atoms with Gasteiger partial charge in [-0.15, -0.1) is 0 Å². The molecular formula is C17H31F3N4. The fraction of sp³-hybridized carbons (Fsp3) is 0.941. The van der Waals surface area contributed by atoms with Crippen molar-refractivity contribution in [3.8, 4) is 0 Å². The molecule has 2 rings (SSSR count). The molecule has 0 spiro atoms. The highest BCUT2D eigenvalue weighted by molar-refractivity contribution is 5.80. The van der Waals surface area contributed by atoms with Crippen molar-refractivity contribution in [1.29, 1.82) is 0 Å². The highest BCUT2D eigenvalue weighted by atomic mass is 19.4. The number of likely N-dealkylation sites (tertiary alicyclic amines) is 1. The molecule has 1 aliphatic carbocycles. The van der Waals surface area contributed by atoms with Crippen molar-refractivity contribution >= 4 is 5.96 Å². The van der Waals surface area contributed by atoms with Crippen molar-refractivity contribution < 1.29 is 13.2 Å². The Labute approximate surface area is 143 Å². The number of nitrogens with one attached hydrogen (secondary N) is 2. The van der Waals surface area contributed by atoms with Crippen LogP contribution in [0.25, 0.3) is 0 Å². The molecule has 1 saturated carbocycles. The van der Waals surface area contributed by atoms with E-state index < -0.39 is 12.1 Å². The van der Waals surface area contributed by atoms with Crippen LogP contribution in [0.15, 0.2) is 4.99 Å². The van der Waals surface area contributed by atoms with Gasteiger partial charge in [-0.25, -0.2) is 0 Å². The summed E-state index contributed by atoms with van der Waals surface area (Å²) in [6, 6.07) is -0.141. The summed E-state index contributed by atoms with van der Waals surface area (Å²) >= 11 is 0. The van der Waals surface area contributed by atoms with Crippen molar-refractivity contribution in [2.24, 2.45) is 16.8 Å². The molecule has 0 aromatic heterocycles. The fourth-order valence-corrected chi connectivity index (χ4v) is 3.77. The van der Waals surface area contributed by atoms with Crippen LogP contribution in [0.5, 0.6) is 0 Å². The van der Waals surface area contributed by atoms with Crippen LogP contribution in [-0.4, -0.2) is 56.3 Å². The maximum atomic E-state index is 12.9. The Morgan fingerprint density at radius 3 is 2.67 bits per heavy atom. The number of alkyl halides is 3. The molecule has 2 aliphatic rings. The molecule has 0 aromatic rings. The summed E-state index contributed by atoms with van der Waals surface area (Å²) in [5.74, 6) is 0.0191. The summed E-state index contributed by atoms with van der Waals surface area (Å²) < 4.78 is 38.8. The molecule has 7 heteroatoms. The maximum Gasteiger partial charge on any atom is 0.391 e. The normalized spacial score (nSPS) is 30.2. The summed E-state index contributed by atoms with van der Waals surface area (Å²) in [5.41, 5.74) is 0. The molecule has 140 valence electrons. The first-order chi connectivity index (χ1) is 11.4. The standard InChI is InChI=1S/C17H31F3N4/c1-3-21-16(22-11-13-6-5-9-24(2)12-13)23-15-8-4-7-14(10-15)17(18,19)20/h13-15H,3-12H2,1-2H3,(H2,21,22,23). The maximum absolute atomic E-state index is 12.9. The molecule has 4 nitrogen and oxygen atoms in total. The summed E-state index contributed by atoms with van der Waals surface area (Å²) in [6.45, 7) is 5.60. The number of hydrogen-bond donors (Lipinski definition) is 2. The highest BCUT2D eigenvalue weighted by Crippen LogP contribution is 2.37. The third-order valence-corrected chi connectivity index (χ3v) is 5.05. The van der Waals surface area contributed by atoms with Gasteiger partial charge in [0.25, 0.3) is 0 Å². The van der Waals surface area contributed by atoms with E-state index in [4.69, 9.17) is 0 Å². The SMILES string of the molecule is CCNC(=NCC1CCCN(C)C1)NC1CCCC(C(F)(F)F)C1. The summed E-state index contributed by atoms with van der Waals surface area (Å²) in [7, 11) is 2.12. The zero-order chi connectivity index (χ0) is 17.6. The van der Waals surface area contributed by atoms with Crippen LogP contribution in [0.2, 0.25) is 0 Å². The monoisotopic (exact) mass is 348 g/mol. The Morgan fingerprint density at radius 2 is 2.00 bits per heavy atom. The topological polar surface area (TPSA) is 39.7 Å². The molecule has 1 saturated heterocycles. The Kier molecular flexibility index (Phi) is 7.19. The van der Waals surface area contributed by atoms with E-state index in [0.717, 1.165) is 26.1 Å². The first-order valence-corrected chi connectivity index (χ1v) is 9.18. The molecule has 0 aromatic carbocycles. The lowest BCUT2D eigenvalue weighted by Gasteiger charge is -2.32. The van der Waals surface area contributed by atoms with E-state index in [1.807, 2.05) is 6.92 Å². The molecule has 3 unspecified atom stereocenters. The number of hydrogen-bond acceptors (Lipinski definition) is 2. The Bertz CT molecular complexity index is 411. The van der Waals surface area contributed by atoms with Crippen LogP contribution in [-0.2, 0) is 0 Å². The second-order valence-electron chi connectivity index (χ2n) is 7.24. The minimum atomic E-state index is -4.08. The summed E-state index contributed by atoms with van der Waals surface area (Å²) in [6.07, 6.45) is 0.0908. The predicted molar refractivity (Wildman–Crippen MR) is 91.1 cm³/mol. The lowest BCUT2D eigenvalue weighted by molar-refractivity contribution is -0.183. The first kappa shape index (κ1) is 19.3. The Hall–Kier alpha value is -0.980. The molecule has 0 bridgehead atoms. The molecule has 1 heterocycles. The van der Waals surface area contributed by atoms with E-state index in [9.17, 15) is 13.2 Å². The minimum absolute atomic E-state index is 0.141. The van der Waals surface area contributed by atoms with Crippen LogP contribution < -0.4 is 10.6 Å². The molecule has 0 amide bonds. The van der Waals surface area contributed by atoms with Crippen LogP contribution in [0.1, 0.15) is 45.4 Å². The second kappa shape index (κ2) is 8.92. The van der Waals surface area contributed by atoms with E-state index in [1.165, 1.54) is 12.8 Å². The van der Waals surface area contributed by atoms with Gasteiger partial charge >= 0.3 is 6.18 Å². The van der Waals surface area contributed by atoms with Crippen molar-refractivity contribution in [3.63, 3.8) is 0 Å². The smallest absolute Gasteiger partial charge is 0.357 e. The van der Waals surface area contributed by atoms with E-state index in [0.29, 0.717) is 24.8 Å². The fourth-order valence-electron chi connectivity index (χ4n) is 3.77. The number of rotatable bonds is 4. The van der Waals surface area contributed by atoms with Gasteiger partial charge in [-0.05, 0) is 58.5 Å². The lowest BCUT2D eigenvalue weighted by atomic mass is 9.85. The molecule has 0 radical (unpaired) electrons. The quantitative estimate of drug-likeness (QED) is 0.606. The highest BCUT2D eigenvalue weighted by Gasteiger charge is 2.42. The molecule has 3 atom stereocenters. The van der Waals surface area contributed by atoms with E-state index in [1.54, 1.807) is 0 Å². The van der Waals surface area contributed by atoms with Crippen molar-refractivity contribution in [1.82, 2.24) is 15.5 Å². The Morgan fingerprint density at radius 1 is 1.21 bits per heavy atom. The van der Waals surface area contributed by atoms with Gasteiger partial charge in [0, 0.05) is 25.7 Å². The third-order valence-electron chi connectivity index (χ3n) is 5.05. The van der Waals surface area contributed by atoms with Crippen LogP contribution in [0, 0.1) is 11.8 Å². The van der Waals surface area contributed by atoms with Crippen molar-refractivity contribution in [2.45, 2.75) is 57.7 Å². The number of aliphatic imine (C=N–C) groups is 1. The predicted octanol–water partition coefficient (Wildman–Crippen LogP) is 3.00. The average Bonchev–Trinajstić information content (AvgIpc) is 2.52. The first-order valence-electron chi connectivity index (χ1n) is 9.18. The molecule has 2 fully saturated rings. The van der Waals surface area contributed by atoms with Gasteiger partial charge in [0.2, 0.25) is 0 Å². The van der Waals surface area contributed by atoms with Gasteiger partial charge in [0.15, 0.2) is 5.96 Å². The number of nitrogens with zero attached hydrogens (tertiary/aromatic N) is 2. The average molecular weight is 348 g/mol. The lowest BCUT2D eigenvalue weighted by Crippen LogP contribution is -2.47. The van der Waals surface area contributed by atoms with E-state index >= 15 is 0 Å². The minimum Gasteiger partial charge on any atom is -0.357 e. The second-order valence-corrected chi connectivity index (χ2v) is 7.24. The zero-order valence-corrected chi connectivity index (χ0v) is 14.8. The van der Waals surface area contributed by atoms with Gasteiger partial charge in [-0.2, -0.15) is 13.2 Å². The van der Waals surface area contributed by atoms with Crippen LogP contribution in [0.4, 0.5) is 13.2 Å². The summed E-state index contributed by atoms with van der Waals surface area (Å²) in [5, 5.41) is 6.41. The largest absolute Gasteiger partial charge is 0.391 e. The Balaban J connectivity index is 1.88. The van der Waals surface area contributed by atoms with Crippen molar-refractivity contribution in [3.05, 3.63) is 0 Å². The van der Waals surface area contributed by atoms with Gasteiger partial charge in [0.1, 0.15) is 0 Å². The van der Waals surface area contributed by atoms with Crippen LogP contribution in [0.3, 0.4) is 0 Å². The van der Waals surface area contributed by atoms with Crippen molar-refractivity contribution in [2.75, 3.05) is 33.2 Å². The van der Waals surface area contributed by atoms with E-state index in [2.05, 4.69) is 27.6 Å². The number of guanidine groups is 1. The molecule has 2 N–H and O–H groups in total. The molecule has 1 aliphatic heterocycles. The van der Waals surface area contributed by atoms with Gasteiger partial charge < -0.3 is 15.5 Å².